The molecule has 2 unspecified atom stereocenters. The minimum atomic E-state index is -0.990. The molecule has 2 atom stereocenters. The SMILES string of the molecule is Cc1cc(C)cc(Nc2cc(NC3CCCCC3NC(=O)O)ccc2C#N)c1. The van der Waals surface area contributed by atoms with E-state index in [1.807, 2.05) is 38.1 Å². The summed E-state index contributed by atoms with van der Waals surface area (Å²) in [5, 5.41) is 28.0. The zero-order valence-corrected chi connectivity index (χ0v) is 16.2. The van der Waals surface area contributed by atoms with Crippen LogP contribution < -0.4 is 16.0 Å². The van der Waals surface area contributed by atoms with Gasteiger partial charge in [-0.2, -0.15) is 5.26 Å². The Morgan fingerprint density at radius 2 is 1.71 bits per heavy atom. The molecule has 28 heavy (non-hydrogen) atoms. The standard InChI is InChI=1S/C22H26N4O2/c1-14-9-15(2)11-18(10-14)25-21-12-17(8-7-16(21)13-23)24-19-5-3-4-6-20(19)26-22(27)28/h7-12,19-20,24-26H,3-6H2,1-2H3,(H,27,28). The fourth-order valence-electron chi connectivity index (χ4n) is 3.89. The van der Waals surface area contributed by atoms with E-state index in [1.165, 1.54) is 0 Å². The summed E-state index contributed by atoms with van der Waals surface area (Å²) in [6.45, 7) is 4.08. The Balaban J connectivity index is 1.82. The Labute approximate surface area is 165 Å². The van der Waals surface area contributed by atoms with Crippen molar-refractivity contribution in [3.63, 3.8) is 0 Å². The maximum atomic E-state index is 11.1. The van der Waals surface area contributed by atoms with Gasteiger partial charge >= 0.3 is 6.09 Å². The maximum absolute atomic E-state index is 11.1. The quantitative estimate of drug-likeness (QED) is 0.593. The summed E-state index contributed by atoms with van der Waals surface area (Å²) in [4.78, 5) is 11.1. The number of hydrogen-bond acceptors (Lipinski definition) is 4. The van der Waals surface area contributed by atoms with Crippen molar-refractivity contribution in [2.45, 2.75) is 51.6 Å². The molecule has 4 N–H and O–H groups in total. The van der Waals surface area contributed by atoms with Gasteiger partial charge in [-0.1, -0.05) is 18.9 Å². The van der Waals surface area contributed by atoms with Crippen LogP contribution in [0.2, 0.25) is 0 Å². The number of anilines is 3. The largest absolute Gasteiger partial charge is 0.465 e. The highest BCUT2D eigenvalue weighted by atomic mass is 16.4. The van der Waals surface area contributed by atoms with Crippen LogP contribution in [0.25, 0.3) is 0 Å². The predicted molar refractivity (Wildman–Crippen MR) is 111 cm³/mol. The summed E-state index contributed by atoms with van der Waals surface area (Å²) in [5.74, 6) is 0. The molecule has 1 aliphatic carbocycles. The lowest BCUT2D eigenvalue weighted by Crippen LogP contribution is -2.48. The fraction of sp³-hybridized carbons (Fsp3) is 0.364. The minimum Gasteiger partial charge on any atom is -0.465 e. The smallest absolute Gasteiger partial charge is 0.404 e. The van der Waals surface area contributed by atoms with Gasteiger partial charge in [0.2, 0.25) is 0 Å². The average molecular weight is 378 g/mol. The van der Waals surface area contributed by atoms with Gasteiger partial charge in [0.05, 0.1) is 17.3 Å². The van der Waals surface area contributed by atoms with Crippen LogP contribution in [-0.2, 0) is 0 Å². The number of amides is 1. The summed E-state index contributed by atoms with van der Waals surface area (Å²) in [6, 6.07) is 13.9. The highest BCUT2D eigenvalue weighted by Crippen LogP contribution is 2.28. The van der Waals surface area contributed by atoms with E-state index in [0.717, 1.165) is 53.9 Å². The molecule has 6 heteroatoms. The Morgan fingerprint density at radius 3 is 2.36 bits per heavy atom. The van der Waals surface area contributed by atoms with E-state index < -0.39 is 6.09 Å². The first-order valence-corrected chi connectivity index (χ1v) is 9.60. The Bertz CT molecular complexity index is 884. The van der Waals surface area contributed by atoms with Crippen molar-refractivity contribution in [1.82, 2.24) is 5.32 Å². The van der Waals surface area contributed by atoms with Crippen molar-refractivity contribution in [1.29, 1.82) is 5.26 Å². The average Bonchev–Trinajstić information content (AvgIpc) is 2.62. The molecular weight excluding hydrogens is 352 g/mol. The first-order valence-electron chi connectivity index (χ1n) is 9.60. The van der Waals surface area contributed by atoms with Crippen LogP contribution >= 0.6 is 0 Å². The van der Waals surface area contributed by atoms with E-state index in [9.17, 15) is 10.1 Å². The number of nitriles is 1. The monoisotopic (exact) mass is 378 g/mol. The van der Waals surface area contributed by atoms with Gasteiger partial charge in [0.25, 0.3) is 0 Å². The number of nitrogens with zero attached hydrogens (tertiary/aromatic N) is 1. The minimum absolute atomic E-state index is 0.0341. The number of carboxylic acid groups (broad SMARTS) is 1. The van der Waals surface area contributed by atoms with Gasteiger partial charge in [-0.05, 0) is 68.1 Å². The number of rotatable bonds is 5. The van der Waals surface area contributed by atoms with Crippen LogP contribution in [0.5, 0.6) is 0 Å². The third-order valence-corrected chi connectivity index (χ3v) is 5.07. The summed E-state index contributed by atoms with van der Waals surface area (Å²) in [7, 11) is 0. The molecule has 0 radical (unpaired) electrons. The normalized spacial score (nSPS) is 18.8. The lowest BCUT2D eigenvalue weighted by molar-refractivity contribution is 0.184. The highest BCUT2D eigenvalue weighted by molar-refractivity contribution is 5.72. The molecule has 1 saturated carbocycles. The Hall–Kier alpha value is -3.20. The maximum Gasteiger partial charge on any atom is 0.404 e. The number of nitrogens with one attached hydrogen (secondary N) is 3. The van der Waals surface area contributed by atoms with Crippen LogP contribution in [0.1, 0.15) is 42.4 Å². The lowest BCUT2D eigenvalue weighted by Gasteiger charge is -2.32. The molecule has 0 aromatic heterocycles. The van der Waals surface area contributed by atoms with Crippen LogP contribution in [0, 0.1) is 25.2 Å². The van der Waals surface area contributed by atoms with Crippen LogP contribution in [0.4, 0.5) is 21.9 Å². The van der Waals surface area contributed by atoms with Crippen LogP contribution in [0.3, 0.4) is 0 Å². The summed E-state index contributed by atoms with van der Waals surface area (Å²) >= 11 is 0. The molecule has 0 heterocycles. The van der Waals surface area contributed by atoms with Crippen LogP contribution in [0.15, 0.2) is 36.4 Å². The molecule has 0 aliphatic heterocycles. The zero-order chi connectivity index (χ0) is 20.1. The predicted octanol–water partition coefficient (Wildman–Crippen LogP) is 4.91. The molecule has 2 aromatic rings. The van der Waals surface area contributed by atoms with E-state index in [-0.39, 0.29) is 12.1 Å². The van der Waals surface area contributed by atoms with Crippen molar-refractivity contribution in [2.75, 3.05) is 10.6 Å². The van der Waals surface area contributed by atoms with Crippen molar-refractivity contribution in [2.24, 2.45) is 0 Å². The van der Waals surface area contributed by atoms with E-state index in [0.29, 0.717) is 5.56 Å². The molecule has 6 nitrogen and oxygen atoms in total. The fourth-order valence-corrected chi connectivity index (χ4v) is 3.89. The Morgan fingerprint density at radius 1 is 1.04 bits per heavy atom. The van der Waals surface area contributed by atoms with E-state index >= 15 is 0 Å². The zero-order valence-electron chi connectivity index (χ0n) is 16.2. The highest BCUT2D eigenvalue weighted by Gasteiger charge is 2.26. The Kier molecular flexibility index (Phi) is 6.05. The van der Waals surface area contributed by atoms with E-state index in [1.54, 1.807) is 6.07 Å². The van der Waals surface area contributed by atoms with Crippen molar-refractivity contribution in [3.8, 4) is 6.07 Å². The number of benzene rings is 2. The van der Waals surface area contributed by atoms with Gasteiger partial charge < -0.3 is 21.1 Å². The molecule has 0 spiro atoms. The molecule has 1 fully saturated rings. The van der Waals surface area contributed by atoms with Gasteiger partial charge in [-0.3, -0.25) is 0 Å². The molecule has 0 bridgehead atoms. The second kappa shape index (κ2) is 8.66. The third-order valence-electron chi connectivity index (χ3n) is 5.07. The number of hydrogen-bond donors (Lipinski definition) is 4. The molecule has 146 valence electrons. The molecule has 0 saturated heterocycles. The second-order valence-electron chi connectivity index (χ2n) is 7.46. The number of carbonyl (C=O) groups is 1. The van der Waals surface area contributed by atoms with Gasteiger partial charge in [0.1, 0.15) is 6.07 Å². The number of aryl methyl sites for hydroxylation is 2. The van der Waals surface area contributed by atoms with Crippen molar-refractivity contribution >= 4 is 23.2 Å². The van der Waals surface area contributed by atoms with Gasteiger partial charge in [0.15, 0.2) is 0 Å². The van der Waals surface area contributed by atoms with Gasteiger partial charge in [0, 0.05) is 17.4 Å². The topological polar surface area (TPSA) is 97.2 Å². The van der Waals surface area contributed by atoms with Crippen LogP contribution in [-0.4, -0.2) is 23.3 Å². The van der Waals surface area contributed by atoms with Crippen molar-refractivity contribution in [3.05, 3.63) is 53.1 Å². The van der Waals surface area contributed by atoms with Crippen molar-refractivity contribution < 1.29 is 9.90 Å². The lowest BCUT2D eigenvalue weighted by atomic mass is 9.90. The molecule has 1 amide bonds. The molecule has 3 rings (SSSR count). The first kappa shape index (κ1) is 19.6. The van der Waals surface area contributed by atoms with E-state index in [4.69, 9.17) is 5.11 Å². The molecule has 1 aliphatic rings. The molecule has 2 aromatic carbocycles. The van der Waals surface area contributed by atoms with Gasteiger partial charge in [-0.25, -0.2) is 4.79 Å². The second-order valence-corrected chi connectivity index (χ2v) is 7.46. The van der Waals surface area contributed by atoms with Gasteiger partial charge in [-0.15, -0.1) is 0 Å². The summed E-state index contributed by atoms with van der Waals surface area (Å²) < 4.78 is 0. The summed E-state index contributed by atoms with van der Waals surface area (Å²) in [5.41, 5.74) is 5.41. The summed E-state index contributed by atoms with van der Waals surface area (Å²) in [6.07, 6.45) is 2.84. The third kappa shape index (κ3) is 4.95. The molecular formula is C22H26N4O2. The van der Waals surface area contributed by atoms with E-state index in [2.05, 4.69) is 28.1 Å². The first-order chi connectivity index (χ1) is 13.4.